The normalized spacial score (nSPS) is 9.89. The van der Waals surface area contributed by atoms with Crippen LogP contribution in [0.15, 0.2) is 12.2 Å². The number of hydrogen-bond donors (Lipinski definition) is 3. The van der Waals surface area contributed by atoms with E-state index < -0.39 is 5.97 Å². The maximum atomic E-state index is 11.3. The largest absolute Gasteiger partial charge is 0.477 e. The summed E-state index contributed by atoms with van der Waals surface area (Å²) in [5.74, 6) is -0.997. The van der Waals surface area contributed by atoms with Crippen LogP contribution in [0.1, 0.15) is 27.3 Å². The van der Waals surface area contributed by atoms with E-state index in [1.165, 1.54) is 0 Å². The maximum Gasteiger partial charge on any atom is 0.347 e. The fourth-order valence-corrected chi connectivity index (χ4v) is 2.02. The highest BCUT2D eigenvalue weighted by molar-refractivity contribution is 7.13. The average Bonchev–Trinajstić information content (AvgIpc) is 2.65. The van der Waals surface area contributed by atoms with Gasteiger partial charge in [0.05, 0.1) is 12.2 Å². The Kier molecular flexibility index (Phi) is 4.85. The second kappa shape index (κ2) is 6.15. The summed E-state index contributed by atoms with van der Waals surface area (Å²) in [5, 5.41) is 14.6. The quantitative estimate of drug-likeness (QED) is 0.707. The Morgan fingerprint density at radius 2 is 2.11 bits per heavy atom. The molecule has 2 amide bonds. The van der Waals surface area contributed by atoms with Crippen molar-refractivity contribution in [3.63, 3.8) is 0 Å². The van der Waals surface area contributed by atoms with Crippen LogP contribution in [0.2, 0.25) is 0 Å². The highest BCUT2D eigenvalue weighted by Crippen LogP contribution is 2.17. The first-order chi connectivity index (χ1) is 8.40. The molecule has 7 heteroatoms. The van der Waals surface area contributed by atoms with Crippen molar-refractivity contribution in [3.05, 3.63) is 27.7 Å². The number of carboxylic acids is 1. The van der Waals surface area contributed by atoms with Crippen LogP contribution in [0.5, 0.6) is 0 Å². The lowest BCUT2D eigenvalue weighted by atomic mass is 10.3. The van der Waals surface area contributed by atoms with Crippen LogP contribution in [0.4, 0.5) is 4.79 Å². The van der Waals surface area contributed by atoms with Gasteiger partial charge in [-0.05, 0) is 13.8 Å². The standard InChI is InChI=1S/C11H15N3O3S/c1-6(2)4-12-11(17)13-5-8-14-7(3)9(18-8)10(15)16/h1,4-5H2,2-3H3,(H,15,16)(H2,12,13,17). The molecular formula is C11H15N3O3S. The number of amides is 2. The topological polar surface area (TPSA) is 91.3 Å². The summed E-state index contributed by atoms with van der Waals surface area (Å²) in [6, 6.07) is -0.331. The highest BCUT2D eigenvalue weighted by Gasteiger charge is 2.14. The minimum Gasteiger partial charge on any atom is -0.477 e. The van der Waals surface area contributed by atoms with E-state index in [2.05, 4.69) is 22.2 Å². The van der Waals surface area contributed by atoms with Crippen LogP contribution >= 0.6 is 11.3 Å². The molecule has 0 bridgehead atoms. The van der Waals surface area contributed by atoms with Gasteiger partial charge in [-0.25, -0.2) is 14.6 Å². The van der Waals surface area contributed by atoms with Crippen LogP contribution in [0, 0.1) is 6.92 Å². The van der Waals surface area contributed by atoms with Gasteiger partial charge in [-0.15, -0.1) is 11.3 Å². The summed E-state index contributed by atoms with van der Waals surface area (Å²) in [6.45, 7) is 7.72. The van der Waals surface area contributed by atoms with E-state index in [9.17, 15) is 9.59 Å². The third kappa shape index (κ3) is 4.17. The number of hydrogen-bond acceptors (Lipinski definition) is 4. The summed E-state index contributed by atoms with van der Waals surface area (Å²) in [6.07, 6.45) is 0. The third-order valence-corrected chi connectivity index (χ3v) is 3.13. The van der Waals surface area contributed by atoms with Crippen molar-refractivity contribution in [2.45, 2.75) is 20.4 Å². The summed E-state index contributed by atoms with van der Waals surface area (Å²) in [5.41, 5.74) is 1.31. The number of carbonyl (C=O) groups is 2. The fourth-order valence-electron chi connectivity index (χ4n) is 1.18. The minimum absolute atomic E-state index is 0.203. The van der Waals surface area contributed by atoms with Crippen molar-refractivity contribution >= 4 is 23.3 Å². The SMILES string of the molecule is C=C(C)CNC(=O)NCc1nc(C)c(C(=O)O)s1. The summed E-state index contributed by atoms with van der Waals surface area (Å²) >= 11 is 1.06. The second-order valence-electron chi connectivity index (χ2n) is 3.82. The Hall–Kier alpha value is -1.89. The van der Waals surface area contributed by atoms with Gasteiger partial charge in [0.1, 0.15) is 9.88 Å². The molecule has 0 atom stereocenters. The van der Waals surface area contributed by atoms with Gasteiger partial charge in [0.15, 0.2) is 0 Å². The van der Waals surface area contributed by atoms with Crippen LogP contribution in [0.25, 0.3) is 0 Å². The third-order valence-electron chi connectivity index (χ3n) is 1.99. The van der Waals surface area contributed by atoms with Crippen LogP contribution in [0.3, 0.4) is 0 Å². The number of rotatable bonds is 5. The van der Waals surface area contributed by atoms with Crippen LogP contribution in [-0.2, 0) is 6.54 Å². The van der Waals surface area contributed by atoms with Gasteiger partial charge in [0.2, 0.25) is 0 Å². The number of urea groups is 1. The van der Waals surface area contributed by atoms with Gasteiger partial charge < -0.3 is 15.7 Å². The Bertz CT molecular complexity index is 482. The van der Waals surface area contributed by atoms with E-state index in [4.69, 9.17) is 5.11 Å². The fraction of sp³-hybridized carbons (Fsp3) is 0.364. The Balaban J connectivity index is 2.48. The lowest BCUT2D eigenvalue weighted by Crippen LogP contribution is -2.35. The second-order valence-corrected chi connectivity index (χ2v) is 4.90. The van der Waals surface area contributed by atoms with Crippen molar-refractivity contribution in [1.29, 1.82) is 0 Å². The zero-order valence-electron chi connectivity index (χ0n) is 10.2. The zero-order valence-corrected chi connectivity index (χ0v) is 11.1. The number of nitrogens with zero attached hydrogens (tertiary/aromatic N) is 1. The van der Waals surface area contributed by atoms with Crippen molar-refractivity contribution < 1.29 is 14.7 Å². The van der Waals surface area contributed by atoms with Gasteiger partial charge in [-0.2, -0.15) is 0 Å². The molecule has 0 unspecified atom stereocenters. The Morgan fingerprint density at radius 1 is 1.44 bits per heavy atom. The summed E-state index contributed by atoms with van der Waals surface area (Å²) in [4.78, 5) is 26.4. The number of aromatic carboxylic acids is 1. The van der Waals surface area contributed by atoms with E-state index in [-0.39, 0.29) is 17.5 Å². The first-order valence-corrected chi connectivity index (χ1v) is 6.07. The van der Waals surface area contributed by atoms with Crippen LogP contribution in [-0.4, -0.2) is 28.6 Å². The monoisotopic (exact) mass is 269 g/mol. The molecule has 1 aromatic rings. The molecule has 0 saturated heterocycles. The number of thiazole rings is 1. The molecule has 1 heterocycles. The van der Waals surface area contributed by atoms with Crippen molar-refractivity contribution in [2.24, 2.45) is 0 Å². The number of carboxylic acid groups (broad SMARTS) is 1. The maximum absolute atomic E-state index is 11.3. The molecule has 18 heavy (non-hydrogen) atoms. The number of aryl methyl sites for hydroxylation is 1. The molecule has 3 N–H and O–H groups in total. The van der Waals surface area contributed by atoms with Gasteiger partial charge >= 0.3 is 12.0 Å². The molecule has 1 rings (SSSR count). The van der Waals surface area contributed by atoms with Crippen LogP contribution < -0.4 is 10.6 Å². The molecule has 98 valence electrons. The van der Waals surface area contributed by atoms with Crippen molar-refractivity contribution in [3.8, 4) is 0 Å². The Morgan fingerprint density at radius 3 is 2.61 bits per heavy atom. The van der Waals surface area contributed by atoms with E-state index in [0.717, 1.165) is 16.9 Å². The van der Waals surface area contributed by atoms with Gasteiger partial charge in [0.25, 0.3) is 0 Å². The molecule has 0 aliphatic rings. The predicted octanol–water partition coefficient (Wildman–Crippen LogP) is 1.53. The molecule has 0 saturated carbocycles. The molecular weight excluding hydrogens is 254 g/mol. The molecule has 0 spiro atoms. The zero-order chi connectivity index (χ0) is 13.7. The van der Waals surface area contributed by atoms with E-state index in [1.807, 2.05) is 6.92 Å². The van der Waals surface area contributed by atoms with Gasteiger partial charge in [-0.3, -0.25) is 0 Å². The molecule has 0 aliphatic carbocycles. The molecule has 0 fully saturated rings. The predicted molar refractivity (Wildman–Crippen MR) is 68.9 cm³/mol. The molecule has 1 aromatic heterocycles. The lowest BCUT2D eigenvalue weighted by Gasteiger charge is -2.05. The van der Waals surface area contributed by atoms with Crippen molar-refractivity contribution in [1.82, 2.24) is 15.6 Å². The van der Waals surface area contributed by atoms with Gasteiger partial charge in [0, 0.05) is 6.54 Å². The van der Waals surface area contributed by atoms with Gasteiger partial charge in [-0.1, -0.05) is 12.2 Å². The lowest BCUT2D eigenvalue weighted by molar-refractivity contribution is 0.0701. The first-order valence-electron chi connectivity index (χ1n) is 5.26. The minimum atomic E-state index is -0.997. The highest BCUT2D eigenvalue weighted by atomic mass is 32.1. The van der Waals surface area contributed by atoms with E-state index in [1.54, 1.807) is 6.92 Å². The molecule has 0 aliphatic heterocycles. The average molecular weight is 269 g/mol. The number of carbonyl (C=O) groups excluding carboxylic acids is 1. The summed E-state index contributed by atoms with van der Waals surface area (Å²) in [7, 11) is 0. The molecule has 0 aromatic carbocycles. The molecule has 6 nitrogen and oxygen atoms in total. The smallest absolute Gasteiger partial charge is 0.347 e. The number of aromatic nitrogens is 1. The number of nitrogens with one attached hydrogen (secondary N) is 2. The summed E-state index contributed by atoms with van der Waals surface area (Å²) < 4.78 is 0. The van der Waals surface area contributed by atoms with E-state index >= 15 is 0 Å². The Labute approximate surface area is 109 Å². The van der Waals surface area contributed by atoms with E-state index in [0.29, 0.717) is 17.2 Å². The van der Waals surface area contributed by atoms with Crippen molar-refractivity contribution in [2.75, 3.05) is 6.54 Å². The molecule has 0 radical (unpaired) electrons. The first kappa shape index (κ1) is 14.2.